The van der Waals surface area contributed by atoms with Crippen molar-refractivity contribution in [3.05, 3.63) is 34.5 Å². The number of carbonyl (C=O) groups is 3. The van der Waals surface area contributed by atoms with Crippen LogP contribution in [0.2, 0.25) is 5.02 Å². The van der Waals surface area contributed by atoms with Gasteiger partial charge in [-0.1, -0.05) is 11.6 Å². The zero-order chi connectivity index (χ0) is 20.6. The predicted molar refractivity (Wildman–Crippen MR) is 100 cm³/mol. The lowest BCUT2D eigenvalue weighted by Crippen LogP contribution is -2.25. The van der Waals surface area contributed by atoms with Crippen LogP contribution in [0.3, 0.4) is 0 Å². The fourth-order valence-corrected chi connectivity index (χ4v) is 3.22. The quantitative estimate of drug-likeness (QED) is 0.389. The molecule has 3 atom stereocenters. The molecule has 0 amide bonds. The van der Waals surface area contributed by atoms with E-state index in [1.807, 2.05) is 0 Å². The molecule has 28 heavy (non-hydrogen) atoms. The number of ether oxygens (including phenoxy) is 3. The second-order valence-electron chi connectivity index (χ2n) is 7.08. The van der Waals surface area contributed by atoms with E-state index in [0.29, 0.717) is 28.4 Å². The Balaban J connectivity index is 1.59. The molecule has 1 aromatic heterocycles. The van der Waals surface area contributed by atoms with Crippen molar-refractivity contribution in [3.8, 4) is 0 Å². The number of ketones is 1. The zero-order valence-corrected chi connectivity index (χ0v) is 16.7. The number of benzene rings is 1. The Kier molecular flexibility index (Phi) is 5.65. The normalized spacial score (nSPS) is 19.4. The number of fused-ring (bicyclic) bond motifs is 1. The first-order valence-electron chi connectivity index (χ1n) is 8.97. The van der Waals surface area contributed by atoms with Gasteiger partial charge < -0.3 is 18.6 Å². The summed E-state index contributed by atoms with van der Waals surface area (Å²) >= 11 is 6.23. The van der Waals surface area contributed by atoms with Crippen molar-refractivity contribution in [2.45, 2.75) is 46.5 Å². The highest BCUT2D eigenvalue weighted by Crippen LogP contribution is 2.43. The fraction of sp³-hybridized carbons (Fsp3) is 0.450. The summed E-state index contributed by atoms with van der Waals surface area (Å²) in [4.78, 5) is 36.3. The first kappa shape index (κ1) is 20.2. The number of hydrogen-bond acceptors (Lipinski definition) is 7. The average molecular weight is 409 g/mol. The topological polar surface area (TPSA) is 92.0 Å². The van der Waals surface area contributed by atoms with E-state index >= 15 is 0 Å². The van der Waals surface area contributed by atoms with Gasteiger partial charge in [0.1, 0.15) is 11.3 Å². The molecule has 0 N–H and O–H groups in total. The van der Waals surface area contributed by atoms with Gasteiger partial charge in [0.25, 0.3) is 0 Å². The molecule has 7 nitrogen and oxygen atoms in total. The summed E-state index contributed by atoms with van der Waals surface area (Å²) in [7, 11) is 0. The molecule has 1 aliphatic carbocycles. The number of furan rings is 1. The number of hydrogen-bond donors (Lipinski definition) is 0. The van der Waals surface area contributed by atoms with Crippen LogP contribution in [0.5, 0.6) is 0 Å². The third-order valence-electron chi connectivity index (χ3n) is 4.30. The van der Waals surface area contributed by atoms with E-state index in [1.165, 1.54) is 6.92 Å². The minimum absolute atomic E-state index is 0.201. The number of carbonyl (C=O) groups excluding carboxylic acids is 3. The van der Waals surface area contributed by atoms with Gasteiger partial charge in [0.2, 0.25) is 6.29 Å². The molecule has 0 saturated heterocycles. The van der Waals surface area contributed by atoms with Crippen LogP contribution in [0.15, 0.2) is 22.6 Å². The smallest absolute Gasteiger partial charge is 0.461 e. The maximum absolute atomic E-state index is 12.7. The molecule has 1 aromatic carbocycles. The van der Waals surface area contributed by atoms with Crippen molar-refractivity contribution in [2.24, 2.45) is 11.8 Å². The number of halogens is 1. The van der Waals surface area contributed by atoms with Gasteiger partial charge in [-0.25, -0.2) is 4.79 Å². The molecule has 1 saturated carbocycles. The van der Waals surface area contributed by atoms with Gasteiger partial charge >= 0.3 is 12.1 Å². The van der Waals surface area contributed by atoms with Gasteiger partial charge in [-0.2, -0.15) is 0 Å². The Morgan fingerprint density at radius 2 is 1.79 bits per heavy atom. The van der Waals surface area contributed by atoms with Crippen molar-refractivity contribution >= 4 is 40.5 Å². The van der Waals surface area contributed by atoms with Crippen LogP contribution in [0.1, 0.15) is 43.3 Å². The zero-order valence-electron chi connectivity index (χ0n) is 16.0. The first-order chi connectivity index (χ1) is 13.2. The molecule has 0 aliphatic heterocycles. The van der Waals surface area contributed by atoms with Crippen molar-refractivity contribution < 1.29 is 33.0 Å². The summed E-state index contributed by atoms with van der Waals surface area (Å²) in [5, 5.41) is 1.16. The highest BCUT2D eigenvalue weighted by Gasteiger charge is 2.49. The summed E-state index contributed by atoms with van der Waals surface area (Å²) in [5.74, 6) is -1.17. The molecular weight excluding hydrogens is 388 g/mol. The van der Waals surface area contributed by atoms with Crippen LogP contribution in [-0.2, 0) is 19.0 Å². The monoisotopic (exact) mass is 408 g/mol. The van der Waals surface area contributed by atoms with Crippen molar-refractivity contribution in [2.75, 3.05) is 0 Å². The lowest BCUT2D eigenvalue weighted by atomic mass is 10.0. The Morgan fingerprint density at radius 3 is 2.46 bits per heavy atom. The highest BCUT2D eigenvalue weighted by atomic mass is 35.5. The summed E-state index contributed by atoms with van der Waals surface area (Å²) in [6.45, 7) is 6.55. The molecule has 0 bridgehead atoms. The van der Waals surface area contributed by atoms with Gasteiger partial charge in [-0.15, -0.1) is 0 Å². The maximum atomic E-state index is 12.7. The third kappa shape index (κ3) is 4.47. The van der Waals surface area contributed by atoms with Crippen molar-refractivity contribution in [1.29, 1.82) is 0 Å². The second kappa shape index (κ2) is 7.83. The number of Topliss-reactive ketones (excluding diaryl/α,β-unsaturated/α-hetero) is 1. The van der Waals surface area contributed by atoms with Gasteiger partial charge in [-0.05, 0) is 45.4 Å². The molecule has 8 heteroatoms. The number of esters is 1. The molecule has 150 valence electrons. The molecule has 0 spiro atoms. The molecule has 3 unspecified atom stereocenters. The fourth-order valence-electron chi connectivity index (χ4n) is 2.96. The largest absolute Gasteiger partial charge is 0.511 e. The van der Waals surface area contributed by atoms with E-state index < -0.39 is 30.3 Å². The Bertz CT molecular complexity index is 930. The summed E-state index contributed by atoms with van der Waals surface area (Å²) in [5.41, 5.74) is 0.913. The van der Waals surface area contributed by atoms with Crippen LogP contribution in [0.4, 0.5) is 4.79 Å². The number of aryl methyl sites for hydroxylation is 1. The summed E-state index contributed by atoms with van der Waals surface area (Å²) in [6.07, 6.45) is -2.00. The number of rotatable bonds is 6. The van der Waals surface area contributed by atoms with Crippen LogP contribution in [-0.4, -0.2) is 30.3 Å². The molecule has 1 aliphatic rings. The maximum Gasteiger partial charge on any atom is 0.511 e. The van der Waals surface area contributed by atoms with E-state index in [-0.39, 0.29) is 11.9 Å². The third-order valence-corrected chi connectivity index (χ3v) is 4.61. The average Bonchev–Trinajstić information content (AvgIpc) is 3.28. The predicted octanol–water partition coefficient (Wildman–Crippen LogP) is 4.66. The van der Waals surface area contributed by atoms with Gasteiger partial charge in [0.05, 0.1) is 17.0 Å². The molecule has 1 heterocycles. The first-order valence-corrected chi connectivity index (χ1v) is 9.35. The van der Waals surface area contributed by atoms with E-state index in [1.54, 1.807) is 39.0 Å². The minimum Gasteiger partial charge on any atom is -0.461 e. The summed E-state index contributed by atoms with van der Waals surface area (Å²) < 4.78 is 20.3. The SMILES string of the molecule is Cc1cc2c(Cl)cc(C(=O)C3CC3C(=O)OC(C)OC(=O)OC(C)C)cc2o1. The lowest BCUT2D eigenvalue weighted by Gasteiger charge is -2.15. The van der Waals surface area contributed by atoms with E-state index in [4.69, 9.17) is 30.2 Å². The Hall–Kier alpha value is -2.54. The lowest BCUT2D eigenvalue weighted by molar-refractivity contribution is -0.170. The molecule has 0 radical (unpaired) electrons. The molecular formula is C20H21ClO7. The van der Waals surface area contributed by atoms with Gasteiger partial charge in [-0.3, -0.25) is 9.59 Å². The van der Waals surface area contributed by atoms with Crippen molar-refractivity contribution in [3.63, 3.8) is 0 Å². The van der Waals surface area contributed by atoms with Crippen molar-refractivity contribution in [1.82, 2.24) is 0 Å². The van der Waals surface area contributed by atoms with Crippen LogP contribution < -0.4 is 0 Å². The molecule has 2 aromatic rings. The van der Waals surface area contributed by atoms with Crippen LogP contribution in [0, 0.1) is 18.8 Å². The van der Waals surface area contributed by atoms with Gasteiger partial charge in [0.15, 0.2) is 5.78 Å². The second-order valence-corrected chi connectivity index (χ2v) is 7.49. The minimum atomic E-state index is -1.10. The molecule has 1 fully saturated rings. The Labute approximate surface area is 166 Å². The van der Waals surface area contributed by atoms with Gasteiger partial charge in [0, 0.05) is 23.8 Å². The van der Waals surface area contributed by atoms with E-state index in [0.717, 1.165) is 5.39 Å². The van der Waals surface area contributed by atoms with E-state index in [2.05, 4.69) is 0 Å². The van der Waals surface area contributed by atoms with Crippen LogP contribution in [0.25, 0.3) is 11.0 Å². The standard InChI is InChI=1S/C20H21ClO7/c1-9(2)25-20(24)28-11(4)27-19(23)14-8-13(14)18(22)12-6-16(21)15-5-10(3)26-17(15)7-12/h5-7,9,11,13-14H,8H2,1-4H3. The van der Waals surface area contributed by atoms with E-state index in [9.17, 15) is 14.4 Å². The summed E-state index contributed by atoms with van der Waals surface area (Å²) in [6, 6.07) is 5.01. The highest BCUT2D eigenvalue weighted by molar-refractivity contribution is 6.35. The van der Waals surface area contributed by atoms with Crippen LogP contribution >= 0.6 is 11.6 Å². The molecule has 3 rings (SSSR count). The Morgan fingerprint density at radius 1 is 1.07 bits per heavy atom.